The zero-order valence-corrected chi connectivity index (χ0v) is 18.5. The first-order valence-corrected chi connectivity index (χ1v) is 10.3. The molecular weight excluding hydrogens is 466 g/mol. The molecule has 31 heavy (non-hydrogen) atoms. The molecule has 160 valence electrons. The van der Waals surface area contributed by atoms with Gasteiger partial charge < -0.3 is 23.9 Å². The van der Waals surface area contributed by atoms with E-state index >= 15 is 0 Å². The summed E-state index contributed by atoms with van der Waals surface area (Å²) in [7, 11) is 3.08. The second-order valence-corrected chi connectivity index (χ2v) is 7.97. The third-order valence-electron chi connectivity index (χ3n) is 5.22. The first-order valence-electron chi connectivity index (χ1n) is 9.55. The molecule has 4 rings (SSSR count). The van der Waals surface area contributed by atoms with E-state index in [0.717, 1.165) is 9.86 Å². The lowest BCUT2D eigenvalue weighted by molar-refractivity contribution is -0.130. The maximum Gasteiger partial charge on any atom is 0.290 e. The number of benzene rings is 2. The molecule has 1 atom stereocenters. The van der Waals surface area contributed by atoms with Crippen LogP contribution in [-0.2, 0) is 9.53 Å². The Morgan fingerprint density at radius 3 is 2.58 bits per heavy atom. The molecule has 2 heterocycles. The summed E-state index contributed by atoms with van der Waals surface area (Å²) in [5.41, 5.74) is 1.18. The minimum Gasteiger partial charge on any atom is -0.503 e. The highest BCUT2D eigenvalue weighted by Crippen LogP contribution is 2.40. The second kappa shape index (κ2) is 8.56. The van der Waals surface area contributed by atoms with Crippen LogP contribution in [0.25, 0.3) is 11.0 Å². The molecule has 0 fully saturated rings. The molecule has 0 saturated carbocycles. The van der Waals surface area contributed by atoms with Gasteiger partial charge in [-0.25, -0.2) is 0 Å². The number of nitrogens with zero attached hydrogens (tertiary/aromatic N) is 1. The minimum absolute atomic E-state index is 0.0237. The number of aliphatic hydroxyl groups is 1. The van der Waals surface area contributed by atoms with Gasteiger partial charge in [-0.15, -0.1) is 0 Å². The number of methoxy groups -OCH3 is 2. The molecule has 1 unspecified atom stereocenters. The lowest BCUT2D eigenvalue weighted by atomic mass is 9.95. The Labute approximate surface area is 187 Å². The number of hydrogen-bond donors (Lipinski definition) is 1. The molecule has 1 N–H and O–H groups in total. The van der Waals surface area contributed by atoms with E-state index in [0.29, 0.717) is 16.9 Å². The van der Waals surface area contributed by atoms with Crippen LogP contribution in [-0.4, -0.2) is 49.1 Å². The minimum atomic E-state index is -0.777. The number of rotatable bonds is 7. The van der Waals surface area contributed by atoms with E-state index in [4.69, 9.17) is 13.9 Å². The van der Waals surface area contributed by atoms with Crippen LogP contribution < -0.4 is 4.74 Å². The van der Waals surface area contributed by atoms with Crippen molar-refractivity contribution in [3.8, 4) is 5.75 Å². The number of fused-ring (bicyclic) bond motifs is 1. The summed E-state index contributed by atoms with van der Waals surface area (Å²) in [5.74, 6) is -1.06. The van der Waals surface area contributed by atoms with Crippen LogP contribution in [0.3, 0.4) is 0 Å². The van der Waals surface area contributed by atoms with Crippen molar-refractivity contribution in [2.24, 2.45) is 0 Å². The Hall–Kier alpha value is -3.10. The fourth-order valence-electron chi connectivity index (χ4n) is 3.70. The SMILES string of the molecule is COCCN1C(=O)C(O)=C(C(=O)c2cc3cc(Br)ccc3o2)C1c1ccc(OC)cc1. The zero-order valence-electron chi connectivity index (χ0n) is 16.9. The molecule has 0 saturated heterocycles. The van der Waals surface area contributed by atoms with Gasteiger partial charge in [-0.3, -0.25) is 9.59 Å². The van der Waals surface area contributed by atoms with Gasteiger partial charge >= 0.3 is 0 Å². The average molecular weight is 486 g/mol. The highest BCUT2D eigenvalue weighted by molar-refractivity contribution is 9.10. The van der Waals surface area contributed by atoms with Gasteiger partial charge in [0.25, 0.3) is 5.91 Å². The van der Waals surface area contributed by atoms with Gasteiger partial charge in [-0.1, -0.05) is 28.1 Å². The quantitative estimate of drug-likeness (QED) is 0.498. The van der Waals surface area contributed by atoms with Crippen LogP contribution in [0, 0.1) is 0 Å². The highest BCUT2D eigenvalue weighted by Gasteiger charge is 2.44. The van der Waals surface area contributed by atoms with Crippen LogP contribution in [0.4, 0.5) is 0 Å². The first kappa shape index (κ1) is 21.1. The molecule has 0 aliphatic carbocycles. The third kappa shape index (κ3) is 3.84. The number of halogens is 1. The van der Waals surface area contributed by atoms with Crippen molar-refractivity contribution < 1.29 is 28.6 Å². The van der Waals surface area contributed by atoms with Crippen molar-refractivity contribution in [2.45, 2.75) is 6.04 Å². The smallest absolute Gasteiger partial charge is 0.290 e. The second-order valence-electron chi connectivity index (χ2n) is 7.05. The van der Waals surface area contributed by atoms with Crippen LogP contribution in [0.2, 0.25) is 0 Å². The van der Waals surface area contributed by atoms with Gasteiger partial charge in [0, 0.05) is 23.5 Å². The molecule has 1 aliphatic rings. The summed E-state index contributed by atoms with van der Waals surface area (Å²) in [6.07, 6.45) is 0. The highest BCUT2D eigenvalue weighted by atomic mass is 79.9. The van der Waals surface area contributed by atoms with Crippen molar-refractivity contribution >= 4 is 38.6 Å². The molecular formula is C23H20BrNO6. The van der Waals surface area contributed by atoms with Gasteiger partial charge in [-0.2, -0.15) is 0 Å². The number of furan rings is 1. The third-order valence-corrected chi connectivity index (χ3v) is 5.71. The predicted molar refractivity (Wildman–Crippen MR) is 117 cm³/mol. The van der Waals surface area contributed by atoms with Gasteiger partial charge in [0.05, 0.1) is 25.3 Å². The maximum atomic E-state index is 13.4. The standard InChI is InChI=1S/C23H20BrNO6/c1-29-10-9-25-20(13-3-6-16(30-2)7-4-13)19(22(27)23(25)28)21(26)18-12-14-11-15(24)5-8-17(14)31-18/h3-8,11-12,20,27H,9-10H2,1-2H3. The Morgan fingerprint density at radius 2 is 1.90 bits per heavy atom. The Kier molecular flexibility index (Phi) is 5.84. The molecule has 1 aliphatic heterocycles. The fraction of sp³-hybridized carbons (Fsp3) is 0.217. The summed E-state index contributed by atoms with van der Waals surface area (Å²) in [6.45, 7) is 0.464. The van der Waals surface area contributed by atoms with Crippen molar-refractivity contribution in [3.05, 3.63) is 75.7 Å². The normalized spacial score (nSPS) is 16.4. The summed E-state index contributed by atoms with van der Waals surface area (Å²) < 4.78 is 16.9. The summed E-state index contributed by atoms with van der Waals surface area (Å²) >= 11 is 3.40. The van der Waals surface area contributed by atoms with Crippen molar-refractivity contribution in [3.63, 3.8) is 0 Å². The number of aliphatic hydroxyl groups excluding tert-OH is 1. The molecule has 8 heteroatoms. The molecule has 1 amide bonds. The number of carbonyl (C=O) groups is 2. The zero-order chi connectivity index (χ0) is 22.1. The largest absolute Gasteiger partial charge is 0.503 e. The average Bonchev–Trinajstić information content (AvgIpc) is 3.30. The summed E-state index contributed by atoms with van der Waals surface area (Å²) in [5, 5.41) is 11.4. The predicted octanol–water partition coefficient (Wildman–Crippen LogP) is 4.43. The van der Waals surface area contributed by atoms with Crippen molar-refractivity contribution in [1.82, 2.24) is 4.90 Å². The van der Waals surface area contributed by atoms with E-state index in [-0.39, 0.29) is 24.5 Å². The van der Waals surface area contributed by atoms with Crippen LogP contribution >= 0.6 is 15.9 Å². The lowest BCUT2D eigenvalue weighted by Crippen LogP contribution is -2.33. The molecule has 1 aromatic heterocycles. The van der Waals surface area contributed by atoms with E-state index in [1.807, 2.05) is 12.1 Å². The molecule has 0 spiro atoms. The van der Waals surface area contributed by atoms with Gasteiger partial charge in [0.2, 0.25) is 5.78 Å². The fourth-order valence-corrected chi connectivity index (χ4v) is 4.08. The van der Waals surface area contributed by atoms with Crippen LogP contribution in [0.15, 0.2) is 68.8 Å². The number of amides is 1. The molecule has 0 radical (unpaired) electrons. The Bertz CT molecular complexity index is 1180. The lowest BCUT2D eigenvalue weighted by Gasteiger charge is -2.26. The number of carbonyl (C=O) groups excluding carboxylic acids is 2. The van der Waals surface area contributed by atoms with E-state index in [9.17, 15) is 14.7 Å². The van der Waals surface area contributed by atoms with E-state index in [1.165, 1.54) is 12.0 Å². The number of ketones is 1. The van der Waals surface area contributed by atoms with E-state index < -0.39 is 23.5 Å². The Balaban J connectivity index is 1.78. The molecule has 0 bridgehead atoms. The van der Waals surface area contributed by atoms with Crippen LogP contribution in [0.5, 0.6) is 5.75 Å². The van der Waals surface area contributed by atoms with Gasteiger partial charge in [-0.05, 0) is 42.0 Å². The van der Waals surface area contributed by atoms with Crippen molar-refractivity contribution in [1.29, 1.82) is 0 Å². The van der Waals surface area contributed by atoms with Crippen LogP contribution in [0.1, 0.15) is 22.2 Å². The maximum absolute atomic E-state index is 13.4. The molecule has 7 nitrogen and oxygen atoms in total. The number of hydrogen-bond acceptors (Lipinski definition) is 6. The summed E-state index contributed by atoms with van der Waals surface area (Å²) in [6, 6.07) is 13.2. The van der Waals surface area contributed by atoms with E-state index in [2.05, 4.69) is 15.9 Å². The number of Topliss-reactive ketones (excluding diaryl/α,β-unsaturated/α-hetero) is 1. The van der Waals surface area contributed by atoms with Crippen molar-refractivity contribution in [2.75, 3.05) is 27.4 Å². The topological polar surface area (TPSA) is 89.2 Å². The van der Waals surface area contributed by atoms with E-state index in [1.54, 1.807) is 43.5 Å². The first-order chi connectivity index (χ1) is 14.9. The summed E-state index contributed by atoms with van der Waals surface area (Å²) in [4.78, 5) is 27.7. The van der Waals surface area contributed by atoms with Gasteiger partial charge in [0.15, 0.2) is 11.5 Å². The number of ether oxygens (including phenoxy) is 2. The molecule has 2 aromatic carbocycles. The monoisotopic (exact) mass is 485 g/mol. The Morgan fingerprint density at radius 1 is 1.16 bits per heavy atom. The van der Waals surface area contributed by atoms with Gasteiger partial charge in [0.1, 0.15) is 11.3 Å². The molecule has 3 aromatic rings.